The molecule has 0 atom stereocenters. The topological polar surface area (TPSA) is 99.5 Å². The summed E-state index contributed by atoms with van der Waals surface area (Å²) in [4.78, 5) is 15.7. The van der Waals surface area contributed by atoms with Crippen molar-refractivity contribution in [1.29, 1.82) is 5.26 Å². The van der Waals surface area contributed by atoms with Crippen LogP contribution in [0.15, 0.2) is 21.6 Å². The first-order valence-corrected chi connectivity index (χ1v) is 8.37. The summed E-state index contributed by atoms with van der Waals surface area (Å²) < 4.78 is 0.470. The van der Waals surface area contributed by atoms with Crippen LogP contribution in [0.5, 0.6) is 5.75 Å². The molecule has 0 fully saturated rings. The minimum absolute atomic E-state index is 0.225. The Morgan fingerprint density at radius 3 is 2.96 bits per heavy atom. The van der Waals surface area contributed by atoms with Crippen LogP contribution in [0.4, 0.5) is 10.7 Å². The van der Waals surface area contributed by atoms with Crippen molar-refractivity contribution in [2.45, 2.75) is 19.3 Å². The van der Waals surface area contributed by atoms with Gasteiger partial charge in [-0.2, -0.15) is 5.26 Å². The number of phenols is 1. The summed E-state index contributed by atoms with van der Waals surface area (Å²) in [5.74, 6) is -0.440. The van der Waals surface area contributed by atoms with Crippen LogP contribution in [0.2, 0.25) is 0 Å². The van der Waals surface area contributed by atoms with Gasteiger partial charge in [-0.25, -0.2) is 4.99 Å². The zero-order valence-corrected chi connectivity index (χ0v) is 14.1. The number of aromatic hydroxyl groups is 1. The third-order valence-corrected chi connectivity index (χ3v) is 5.27. The maximum atomic E-state index is 10.9. The first-order valence-electron chi connectivity index (χ1n) is 6.77. The van der Waals surface area contributed by atoms with Gasteiger partial charge >= 0.3 is 5.69 Å². The third kappa shape index (κ3) is 2.85. The Labute approximate surface area is 144 Å². The van der Waals surface area contributed by atoms with Crippen LogP contribution in [-0.2, 0) is 12.8 Å². The van der Waals surface area contributed by atoms with Gasteiger partial charge in [0, 0.05) is 27.2 Å². The molecule has 0 spiro atoms. The fourth-order valence-electron chi connectivity index (χ4n) is 2.57. The molecule has 6 nitrogen and oxygen atoms in total. The number of hydrogen-bond donors (Lipinski definition) is 1. The van der Waals surface area contributed by atoms with Gasteiger partial charge in [0.2, 0.25) is 5.75 Å². The van der Waals surface area contributed by atoms with Crippen molar-refractivity contribution >= 4 is 44.2 Å². The van der Waals surface area contributed by atoms with Crippen LogP contribution < -0.4 is 0 Å². The number of phenolic OH excluding ortho intramolecular Hbond substituents is 1. The molecule has 2 aromatic rings. The molecule has 1 aliphatic carbocycles. The highest BCUT2D eigenvalue weighted by Gasteiger charge is 2.22. The second kappa shape index (κ2) is 6.10. The molecule has 0 aliphatic heterocycles. The van der Waals surface area contributed by atoms with E-state index in [0.717, 1.165) is 24.8 Å². The number of aryl methyl sites for hydroxylation is 1. The lowest BCUT2D eigenvalue weighted by Crippen LogP contribution is -1.92. The van der Waals surface area contributed by atoms with Gasteiger partial charge in [0.05, 0.1) is 10.5 Å². The SMILES string of the molecule is N#Cc1c(N=Cc2cc(Br)cc([N+](=O)[O-])c2O)sc2c1CCC2. The van der Waals surface area contributed by atoms with E-state index in [1.807, 2.05) is 0 Å². The van der Waals surface area contributed by atoms with Crippen molar-refractivity contribution in [3.63, 3.8) is 0 Å². The summed E-state index contributed by atoms with van der Waals surface area (Å²) in [6.45, 7) is 0. The third-order valence-electron chi connectivity index (χ3n) is 3.62. The second-order valence-corrected chi connectivity index (χ2v) is 7.03. The average molecular weight is 392 g/mol. The molecule has 0 saturated heterocycles. The number of nitro benzene ring substituents is 1. The number of aliphatic imine (C=N–C) groups is 1. The molecule has 1 aromatic heterocycles. The largest absolute Gasteiger partial charge is 0.502 e. The molecule has 1 N–H and O–H groups in total. The molecular weight excluding hydrogens is 382 g/mol. The van der Waals surface area contributed by atoms with E-state index in [9.17, 15) is 20.5 Å². The van der Waals surface area contributed by atoms with Crippen LogP contribution in [0.3, 0.4) is 0 Å². The lowest BCUT2D eigenvalue weighted by Gasteiger charge is -2.01. The summed E-state index contributed by atoms with van der Waals surface area (Å²) in [6, 6.07) is 4.95. The van der Waals surface area contributed by atoms with Crippen LogP contribution in [0.25, 0.3) is 0 Å². The Balaban J connectivity index is 2.02. The van der Waals surface area contributed by atoms with Crippen molar-refractivity contribution in [3.8, 4) is 11.8 Å². The summed E-state index contributed by atoms with van der Waals surface area (Å²) in [5, 5.41) is 30.8. The molecule has 1 aliphatic rings. The predicted molar refractivity (Wildman–Crippen MR) is 90.8 cm³/mol. The van der Waals surface area contributed by atoms with E-state index in [4.69, 9.17) is 0 Å². The molecule has 23 heavy (non-hydrogen) atoms. The first-order chi connectivity index (χ1) is 11.0. The molecular formula is C15H10BrN3O3S. The molecule has 0 radical (unpaired) electrons. The van der Waals surface area contributed by atoms with Crippen LogP contribution in [-0.4, -0.2) is 16.2 Å². The van der Waals surface area contributed by atoms with Crippen molar-refractivity contribution in [1.82, 2.24) is 0 Å². The minimum Gasteiger partial charge on any atom is -0.502 e. The quantitative estimate of drug-likeness (QED) is 0.480. The zero-order chi connectivity index (χ0) is 16.6. The number of halogens is 1. The Morgan fingerprint density at radius 2 is 2.26 bits per heavy atom. The number of rotatable bonds is 3. The van der Waals surface area contributed by atoms with Crippen LogP contribution in [0.1, 0.15) is 28.0 Å². The van der Waals surface area contributed by atoms with Crippen molar-refractivity contribution in [2.24, 2.45) is 4.99 Å². The molecule has 116 valence electrons. The number of nitriles is 1. The Hall–Kier alpha value is -2.24. The number of nitrogens with zero attached hydrogens (tertiary/aromatic N) is 3. The molecule has 0 unspecified atom stereocenters. The molecule has 0 amide bonds. The summed E-state index contributed by atoms with van der Waals surface area (Å²) in [7, 11) is 0. The summed E-state index contributed by atoms with van der Waals surface area (Å²) in [5.41, 5.74) is 1.47. The molecule has 1 heterocycles. The fourth-order valence-corrected chi connectivity index (χ4v) is 4.21. The van der Waals surface area contributed by atoms with Gasteiger partial charge in [-0.15, -0.1) is 11.3 Å². The number of thiophene rings is 1. The highest BCUT2D eigenvalue weighted by molar-refractivity contribution is 9.10. The maximum absolute atomic E-state index is 10.9. The minimum atomic E-state index is -0.655. The lowest BCUT2D eigenvalue weighted by atomic mass is 10.1. The lowest BCUT2D eigenvalue weighted by molar-refractivity contribution is -0.385. The van der Waals surface area contributed by atoms with E-state index in [1.54, 1.807) is 6.07 Å². The van der Waals surface area contributed by atoms with E-state index >= 15 is 0 Å². The Kier molecular flexibility index (Phi) is 4.15. The number of fused-ring (bicyclic) bond motifs is 1. The second-order valence-electron chi connectivity index (χ2n) is 5.03. The van der Waals surface area contributed by atoms with Gasteiger partial charge in [-0.05, 0) is 30.9 Å². The van der Waals surface area contributed by atoms with Crippen molar-refractivity contribution < 1.29 is 10.0 Å². The number of nitro groups is 1. The highest BCUT2D eigenvalue weighted by atomic mass is 79.9. The maximum Gasteiger partial charge on any atom is 0.312 e. The Bertz CT molecular complexity index is 883. The summed E-state index contributed by atoms with van der Waals surface area (Å²) in [6.07, 6.45) is 4.25. The smallest absolute Gasteiger partial charge is 0.312 e. The normalized spacial score (nSPS) is 13.2. The van der Waals surface area contributed by atoms with E-state index in [0.29, 0.717) is 15.0 Å². The average Bonchev–Trinajstić information content (AvgIpc) is 3.07. The number of benzene rings is 1. The molecule has 0 bridgehead atoms. The van der Waals surface area contributed by atoms with Crippen molar-refractivity contribution in [2.75, 3.05) is 0 Å². The Morgan fingerprint density at radius 1 is 1.48 bits per heavy atom. The highest BCUT2D eigenvalue weighted by Crippen LogP contribution is 2.40. The monoisotopic (exact) mass is 391 g/mol. The van der Waals surface area contributed by atoms with E-state index in [2.05, 4.69) is 27.0 Å². The van der Waals surface area contributed by atoms with Gasteiger partial charge in [-0.1, -0.05) is 15.9 Å². The standard InChI is InChI=1S/C15H10BrN3O3S/c16-9-4-8(14(20)12(5-9)19(21)22)7-18-15-11(6-17)10-2-1-3-13(10)23-15/h4-5,7,20H,1-3H2. The van der Waals surface area contributed by atoms with Gasteiger partial charge in [0.15, 0.2) is 0 Å². The van der Waals surface area contributed by atoms with E-state index in [-0.39, 0.29) is 5.56 Å². The molecule has 3 rings (SSSR count). The zero-order valence-electron chi connectivity index (χ0n) is 11.7. The number of hydrogen-bond acceptors (Lipinski definition) is 6. The van der Waals surface area contributed by atoms with Crippen molar-refractivity contribution in [3.05, 3.63) is 48.3 Å². The van der Waals surface area contributed by atoms with E-state index in [1.165, 1.54) is 28.5 Å². The molecule has 0 saturated carbocycles. The van der Waals surface area contributed by atoms with Gasteiger partial charge in [-0.3, -0.25) is 10.1 Å². The van der Waals surface area contributed by atoms with Crippen LogP contribution in [0, 0.1) is 21.4 Å². The summed E-state index contributed by atoms with van der Waals surface area (Å²) >= 11 is 4.64. The van der Waals surface area contributed by atoms with E-state index < -0.39 is 16.4 Å². The van der Waals surface area contributed by atoms with Gasteiger partial charge < -0.3 is 5.11 Å². The fraction of sp³-hybridized carbons (Fsp3) is 0.200. The van der Waals surface area contributed by atoms with Gasteiger partial charge in [0.1, 0.15) is 11.1 Å². The predicted octanol–water partition coefficient (Wildman–Crippen LogP) is 4.24. The first kappa shape index (κ1) is 15.6. The molecule has 8 heteroatoms. The van der Waals surface area contributed by atoms with Crippen LogP contribution >= 0.6 is 27.3 Å². The molecule has 1 aromatic carbocycles. The van der Waals surface area contributed by atoms with Gasteiger partial charge in [0.25, 0.3) is 0 Å².